The Kier molecular flexibility index (Phi) is 8.37. The van der Waals surface area contributed by atoms with E-state index in [9.17, 15) is 4.79 Å². The number of nitrogens with one attached hydrogen (secondary N) is 2. The van der Waals surface area contributed by atoms with Crippen LogP contribution in [-0.2, 0) is 17.9 Å². The fourth-order valence-electron chi connectivity index (χ4n) is 1.60. The zero-order chi connectivity index (χ0) is 12.7. The van der Waals surface area contributed by atoms with Gasteiger partial charge in [0.25, 0.3) is 0 Å². The van der Waals surface area contributed by atoms with Gasteiger partial charge >= 0.3 is 0 Å². The largest absolute Gasteiger partial charge is 0.392 e. The quantitative estimate of drug-likeness (QED) is 0.726. The van der Waals surface area contributed by atoms with E-state index in [2.05, 4.69) is 10.6 Å². The lowest BCUT2D eigenvalue weighted by Crippen LogP contribution is -2.33. The second-order valence-electron chi connectivity index (χ2n) is 4.15. The normalized spacial score (nSPS) is 11.5. The molecule has 0 heterocycles. The molecule has 1 rings (SSSR count). The van der Waals surface area contributed by atoms with Crippen LogP contribution in [0, 0.1) is 5.92 Å². The third kappa shape index (κ3) is 5.49. The zero-order valence-corrected chi connectivity index (χ0v) is 11.6. The maximum atomic E-state index is 11.7. The molecule has 102 valence electrons. The number of rotatable bonds is 6. The molecule has 1 amide bonds. The van der Waals surface area contributed by atoms with Gasteiger partial charge in [-0.2, -0.15) is 0 Å². The summed E-state index contributed by atoms with van der Waals surface area (Å²) in [6, 6.07) is 7.56. The Morgan fingerprint density at radius 3 is 2.67 bits per heavy atom. The van der Waals surface area contributed by atoms with Crippen molar-refractivity contribution >= 4 is 18.3 Å². The van der Waals surface area contributed by atoms with Crippen molar-refractivity contribution in [2.75, 3.05) is 13.6 Å². The second-order valence-corrected chi connectivity index (χ2v) is 4.15. The Bertz CT molecular complexity index is 372. The van der Waals surface area contributed by atoms with Crippen molar-refractivity contribution in [1.29, 1.82) is 0 Å². The summed E-state index contributed by atoms with van der Waals surface area (Å²) in [6.45, 7) is 3.08. The van der Waals surface area contributed by atoms with Crippen LogP contribution >= 0.6 is 12.4 Å². The number of hydrogen-bond acceptors (Lipinski definition) is 3. The molecule has 4 nitrogen and oxygen atoms in total. The van der Waals surface area contributed by atoms with Gasteiger partial charge in [-0.05, 0) is 18.2 Å². The summed E-state index contributed by atoms with van der Waals surface area (Å²) in [5.41, 5.74) is 1.86. The van der Waals surface area contributed by atoms with Crippen molar-refractivity contribution < 1.29 is 9.90 Å². The molecule has 0 aliphatic carbocycles. The predicted octanol–water partition coefficient (Wildman–Crippen LogP) is 1.07. The van der Waals surface area contributed by atoms with Crippen LogP contribution in [0.4, 0.5) is 0 Å². The van der Waals surface area contributed by atoms with Crippen molar-refractivity contribution in [2.24, 2.45) is 5.92 Å². The van der Waals surface area contributed by atoms with E-state index in [1.165, 1.54) is 0 Å². The van der Waals surface area contributed by atoms with Gasteiger partial charge in [0.1, 0.15) is 0 Å². The fraction of sp³-hybridized carbons (Fsp3) is 0.462. The van der Waals surface area contributed by atoms with Crippen LogP contribution in [0.2, 0.25) is 0 Å². The summed E-state index contributed by atoms with van der Waals surface area (Å²) in [6.07, 6.45) is 0. The highest BCUT2D eigenvalue weighted by Gasteiger charge is 2.10. The lowest BCUT2D eigenvalue weighted by Gasteiger charge is -2.11. The Hall–Kier alpha value is -1.10. The summed E-state index contributed by atoms with van der Waals surface area (Å²) < 4.78 is 0. The van der Waals surface area contributed by atoms with Crippen LogP contribution in [0.1, 0.15) is 18.1 Å². The fourth-order valence-corrected chi connectivity index (χ4v) is 1.60. The van der Waals surface area contributed by atoms with Crippen LogP contribution in [-0.4, -0.2) is 24.6 Å². The summed E-state index contributed by atoms with van der Waals surface area (Å²) in [7, 11) is 1.83. The number of aliphatic hydroxyl groups excluding tert-OH is 1. The van der Waals surface area contributed by atoms with Crippen molar-refractivity contribution in [2.45, 2.75) is 20.1 Å². The zero-order valence-electron chi connectivity index (χ0n) is 10.8. The molecule has 0 aliphatic heterocycles. The maximum absolute atomic E-state index is 11.7. The van der Waals surface area contributed by atoms with Gasteiger partial charge in [0.05, 0.1) is 6.61 Å². The van der Waals surface area contributed by atoms with Gasteiger partial charge in [0, 0.05) is 19.0 Å². The third-order valence-electron chi connectivity index (χ3n) is 2.60. The molecule has 0 saturated heterocycles. The SMILES string of the molecule is CNCC(C)C(=O)NCc1cccc(CO)c1.Cl. The van der Waals surface area contributed by atoms with Crippen molar-refractivity contribution in [1.82, 2.24) is 10.6 Å². The molecule has 5 heteroatoms. The Balaban J connectivity index is 0.00000289. The number of benzene rings is 1. The highest BCUT2D eigenvalue weighted by atomic mass is 35.5. The highest BCUT2D eigenvalue weighted by Crippen LogP contribution is 2.05. The molecule has 1 aromatic rings. The topological polar surface area (TPSA) is 61.4 Å². The van der Waals surface area contributed by atoms with Crippen LogP contribution in [0.15, 0.2) is 24.3 Å². The number of carbonyl (C=O) groups is 1. The molecule has 0 spiro atoms. The number of aliphatic hydroxyl groups is 1. The molecule has 18 heavy (non-hydrogen) atoms. The van der Waals surface area contributed by atoms with Crippen LogP contribution in [0.25, 0.3) is 0 Å². The van der Waals surface area contributed by atoms with Gasteiger partial charge in [-0.15, -0.1) is 12.4 Å². The molecule has 0 saturated carbocycles. The molecule has 1 unspecified atom stereocenters. The van der Waals surface area contributed by atoms with Gasteiger partial charge in [0.15, 0.2) is 0 Å². The van der Waals surface area contributed by atoms with Crippen LogP contribution < -0.4 is 10.6 Å². The first kappa shape index (κ1) is 16.9. The molecule has 3 N–H and O–H groups in total. The smallest absolute Gasteiger partial charge is 0.224 e. The lowest BCUT2D eigenvalue weighted by atomic mass is 10.1. The second kappa shape index (κ2) is 8.91. The molecule has 0 fully saturated rings. The van der Waals surface area contributed by atoms with E-state index < -0.39 is 0 Å². The van der Waals surface area contributed by atoms with E-state index in [0.717, 1.165) is 11.1 Å². The van der Waals surface area contributed by atoms with Gasteiger partial charge in [-0.1, -0.05) is 31.2 Å². The van der Waals surface area contributed by atoms with Gasteiger partial charge in [-0.3, -0.25) is 4.79 Å². The minimum absolute atomic E-state index is 0. The number of hydrogen-bond donors (Lipinski definition) is 3. The maximum Gasteiger partial charge on any atom is 0.224 e. The van der Waals surface area contributed by atoms with Crippen molar-refractivity contribution in [3.05, 3.63) is 35.4 Å². The molecule has 0 aliphatic rings. The molecular formula is C13H21ClN2O2. The highest BCUT2D eigenvalue weighted by molar-refractivity contribution is 5.85. The van der Waals surface area contributed by atoms with Crippen molar-refractivity contribution in [3.63, 3.8) is 0 Å². The lowest BCUT2D eigenvalue weighted by molar-refractivity contribution is -0.124. The first-order chi connectivity index (χ1) is 8.17. The third-order valence-corrected chi connectivity index (χ3v) is 2.60. The molecule has 1 aromatic carbocycles. The average molecular weight is 273 g/mol. The summed E-state index contributed by atoms with van der Waals surface area (Å²) in [5.74, 6) is -0.00484. The van der Waals surface area contributed by atoms with Gasteiger partial charge in [0.2, 0.25) is 5.91 Å². The monoisotopic (exact) mass is 272 g/mol. The first-order valence-electron chi connectivity index (χ1n) is 5.78. The Morgan fingerprint density at radius 1 is 1.39 bits per heavy atom. The van der Waals surface area contributed by atoms with E-state index in [1.54, 1.807) is 0 Å². The van der Waals surface area contributed by atoms with E-state index in [0.29, 0.717) is 13.1 Å². The van der Waals surface area contributed by atoms with E-state index >= 15 is 0 Å². The molecule has 0 aromatic heterocycles. The van der Waals surface area contributed by atoms with Gasteiger partial charge < -0.3 is 15.7 Å². The summed E-state index contributed by atoms with van der Waals surface area (Å²) >= 11 is 0. The minimum atomic E-state index is -0.0407. The van der Waals surface area contributed by atoms with Crippen LogP contribution in [0.3, 0.4) is 0 Å². The molecule has 0 radical (unpaired) electrons. The Morgan fingerprint density at radius 2 is 2.06 bits per heavy atom. The van der Waals surface area contributed by atoms with E-state index in [1.807, 2.05) is 38.2 Å². The predicted molar refractivity (Wildman–Crippen MR) is 74.6 cm³/mol. The van der Waals surface area contributed by atoms with Crippen molar-refractivity contribution in [3.8, 4) is 0 Å². The first-order valence-corrected chi connectivity index (χ1v) is 5.78. The molecular weight excluding hydrogens is 252 g/mol. The average Bonchev–Trinajstić information content (AvgIpc) is 2.36. The van der Waals surface area contributed by atoms with Crippen LogP contribution in [0.5, 0.6) is 0 Å². The van der Waals surface area contributed by atoms with E-state index in [-0.39, 0.29) is 30.8 Å². The number of halogens is 1. The number of carbonyl (C=O) groups excluding carboxylic acids is 1. The standard InChI is InChI=1S/C13H20N2O2.ClH/c1-10(7-14-2)13(17)15-8-11-4-3-5-12(6-11)9-16;/h3-6,10,14,16H,7-9H2,1-2H3,(H,15,17);1H. The summed E-state index contributed by atoms with van der Waals surface area (Å²) in [4.78, 5) is 11.7. The minimum Gasteiger partial charge on any atom is -0.392 e. The van der Waals surface area contributed by atoms with Gasteiger partial charge in [-0.25, -0.2) is 0 Å². The molecule has 0 bridgehead atoms. The van der Waals surface area contributed by atoms with E-state index in [4.69, 9.17) is 5.11 Å². The number of amides is 1. The Labute approximate surface area is 114 Å². The summed E-state index contributed by atoms with van der Waals surface area (Å²) in [5, 5.41) is 14.8. The molecule has 1 atom stereocenters.